The normalized spacial score (nSPS) is 10.5. The van der Waals surface area contributed by atoms with Gasteiger partial charge < -0.3 is 20.7 Å². The first-order valence-corrected chi connectivity index (χ1v) is 14.1. The van der Waals surface area contributed by atoms with Crippen LogP contribution in [0.3, 0.4) is 0 Å². The van der Waals surface area contributed by atoms with Crippen LogP contribution in [0, 0.1) is 0 Å². The van der Waals surface area contributed by atoms with E-state index in [2.05, 4.69) is 12.2 Å². The number of halogens is 1. The second-order valence-corrected chi connectivity index (χ2v) is 9.52. The molecule has 0 aliphatic rings. The van der Waals surface area contributed by atoms with Crippen LogP contribution in [0.2, 0.25) is 0 Å². The summed E-state index contributed by atoms with van der Waals surface area (Å²) in [5, 5.41) is 2.58. The number of amides is 2. The van der Waals surface area contributed by atoms with E-state index in [0.29, 0.717) is 19.6 Å². The second-order valence-electron chi connectivity index (χ2n) is 9.52. The summed E-state index contributed by atoms with van der Waals surface area (Å²) in [5.74, 6) is 0. The lowest BCUT2D eigenvalue weighted by molar-refractivity contribution is -0.107. The van der Waals surface area contributed by atoms with Crippen molar-refractivity contribution in [2.75, 3.05) is 24.5 Å². The summed E-state index contributed by atoms with van der Waals surface area (Å²) in [7, 11) is 0. The third kappa shape index (κ3) is 17.6. The number of hydrogen-bond acceptors (Lipinski definition) is 4. The number of nitrogens with zero attached hydrogens (tertiary/aromatic N) is 1. The van der Waals surface area contributed by atoms with E-state index >= 15 is 0 Å². The van der Waals surface area contributed by atoms with Gasteiger partial charge in [-0.05, 0) is 12.5 Å². The van der Waals surface area contributed by atoms with E-state index in [-0.39, 0.29) is 19.0 Å². The van der Waals surface area contributed by atoms with Gasteiger partial charge in [-0.3, -0.25) is 4.79 Å². The molecule has 0 saturated heterocycles. The molecule has 0 bridgehead atoms. The first kappa shape index (κ1) is 34.2. The fourth-order valence-corrected chi connectivity index (χ4v) is 4.34. The van der Waals surface area contributed by atoms with E-state index in [4.69, 9.17) is 10.5 Å². The monoisotopic (exact) mass is 525 g/mol. The molecule has 6 nitrogen and oxygen atoms in total. The molecule has 0 fully saturated rings. The number of ether oxygens (including phenoxy) is 1. The van der Waals surface area contributed by atoms with Gasteiger partial charge in [-0.2, -0.15) is 0 Å². The number of para-hydroxylation sites is 1. The standard InChI is InChI=1S/C29H51N3O3.ClH/c1-2-3-4-5-6-7-8-9-10-11-12-13-14-15-16-19-24-32(26-33)28-21-18-17-20-27(28)25-35-29(34)31-23-22-30;/h17-18,20-21,26H,2-16,19,22-25,30H2,1H3,(H,31,34);1H. The van der Waals surface area contributed by atoms with Crippen LogP contribution in [0.1, 0.15) is 115 Å². The summed E-state index contributed by atoms with van der Waals surface area (Å²) >= 11 is 0. The number of nitrogens with two attached hydrogens (primary N) is 1. The fourth-order valence-electron chi connectivity index (χ4n) is 4.34. The number of benzene rings is 1. The molecule has 0 aliphatic heterocycles. The molecule has 3 N–H and O–H groups in total. The third-order valence-corrected chi connectivity index (χ3v) is 6.45. The Balaban J connectivity index is 0.0000122. The highest BCUT2D eigenvalue weighted by molar-refractivity contribution is 5.85. The van der Waals surface area contributed by atoms with Crippen molar-refractivity contribution in [1.29, 1.82) is 0 Å². The van der Waals surface area contributed by atoms with Crippen LogP contribution in [0.4, 0.5) is 10.5 Å². The molecule has 36 heavy (non-hydrogen) atoms. The highest BCUT2D eigenvalue weighted by Gasteiger charge is 2.12. The van der Waals surface area contributed by atoms with E-state index in [1.165, 1.54) is 89.9 Å². The molecule has 1 rings (SSSR count). The van der Waals surface area contributed by atoms with Gasteiger partial charge in [-0.25, -0.2) is 4.79 Å². The van der Waals surface area contributed by atoms with Crippen molar-refractivity contribution < 1.29 is 14.3 Å². The van der Waals surface area contributed by atoms with Crippen molar-refractivity contribution in [3.63, 3.8) is 0 Å². The molecule has 0 aromatic heterocycles. The molecule has 0 atom stereocenters. The number of anilines is 1. The van der Waals surface area contributed by atoms with Crippen molar-refractivity contribution in [1.82, 2.24) is 5.32 Å². The maximum atomic E-state index is 11.7. The lowest BCUT2D eigenvalue weighted by Crippen LogP contribution is -2.29. The zero-order chi connectivity index (χ0) is 25.4. The van der Waals surface area contributed by atoms with Crippen LogP contribution >= 0.6 is 12.4 Å². The Morgan fingerprint density at radius 3 is 1.86 bits per heavy atom. The van der Waals surface area contributed by atoms with Crippen LogP contribution < -0.4 is 16.0 Å². The molecule has 0 radical (unpaired) electrons. The maximum absolute atomic E-state index is 11.7. The maximum Gasteiger partial charge on any atom is 0.407 e. The van der Waals surface area contributed by atoms with E-state index in [1.807, 2.05) is 24.3 Å². The summed E-state index contributed by atoms with van der Waals surface area (Å²) in [4.78, 5) is 25.1. The first-order valence-electron chi connectivity index (χ1n) is 14.1. The van der Waals surface area contributed by atoms with Gasteiger partial charge in [-0.15, -0.1) is 12.4 Å². The molecule has 1 aromatic carbocycles. The Labute approximate surface area is 226 Å². The van der Waals surface area contributed by atoms with Crippen LogP contribution in [-0.4, -0.2) is 32.1 Å². The highest BCUT2D eigenvalue weighted by Crippen LogP contribution is 2.21. The largest absolute Gasteiger partial charge is 0.445 e. The average Bonchev–Trinajstić information content (AvgIpc) is 2.88. The number of rotatable bonds is 23. The number of unbranched alkanes of at least 4 members (excludes halogenated alkanes) is 15. The quantitative estimate of drug-likeness (QED) is 0.114. The zero-order valence-electron chi connectivity index (χ0n) is 22.7. The second kappa shape index (κ2) is 24.9. The minimum absolute atomic E-state index is 0. The topological polar surface area (TPSA) is 84.7 Å². The first-order chi connectivity index (χ1) is 17.2. The van der Waals surface area contributed by atoms with Crippen LogP contribution in [0.25, 0.3) is 0 Å². The average molecular weight is 526 g/mol. The summed E-state index contributed by atoms with van der Waals surface area (Å²) < 4.78 is 5.25. The molecule has 0 aliphatic carbocycles. The number of carbonyl (C=O) groups excluding carboxylic acids is 2. The van der Waals surface area contributed by atoms with E-state index in [1.54, 1.807) is 4.90 Å². The van der Waals surface area contributed by atoms with Gasteiger partial charge in [0, 0.05) is 30.9 Å². The lowest BCUT2D eigenvalue weighted by Gasteiger charge is -2.21. The van der Waals surface area contributed by atoms with Crippen LogP contribution in [-0.2, 0) is 16.1 Å². The Morgan fingerprint density at radius 1 is 0.861 bits per heavy atom. The SMILES string of the molecule is CCCCCCCCCCCCCCCCCCN(C=O)c1ccccc1COC(=O)NCCN.Cl. The van der Waals surface area contributed by atoms with Gasteiger partial charge >= 0.3 is 6.09 Å². The van der Waals surface area contributed by atoms with Crippen molar-refractivity contribution in [2.45, 2.75) is 116 Å². The van der Waals surface area contributed by atoms with E-state index in [9.17, 15) is 9.59 Å². The van der Waals surface area contributed by atoms with Gasteiger partial charge in [0.2, 0.25) is 6.41 Å². The minimum atomic E-state index is -0.499. The molecule has 2 amide bonds. The van der Waals surface area contributed by atoms with Crippen molar-refractivity contribution >= 4 is 30.6 Å². The number of alkyl carbamates (subject to hydrolysis) is 1. The Bertz CT molecular complexity index is 660. The van der Waals surface area contributed by atoms with Gasteiger partial charge in [-0.1, -0.05) is 121 Å². The van der Waals surface area contributed by atoms with Gasteiger partial charge in [0.1, 0.15) is 6.61 Å². The predicted molar refractivity (Wildman–Crippen MR) is 154 cm³/mol. The van der Waals surface area contributed by atoms with E-state index < -0.39 is 6.09 Å². The fraction of sp³-hybridized carbons (Fsp3) is 0.724. The lowest BCUT2D eigenvalue weighted by atomic mass is 10.0. The molecular formula is C29H52ClN3O3. The Morgan fingerprint density at radius 2 is 1.36 bits per heavy atom. The molecular weight excluding hydrogens is 474 g/mol. The molecule has 208 valence electrons. The van der Waals surface area contributed by atoms with Gasteiger partial charge in [0.05, 0.1) is 0 Å². The molecule has 0 heterocycles. The predicted octanol–water partition coefficient (Wildman–Crippen LogP) is 7.52. The Hall–Kier alpha value is -1.79. The third-order valence-electron chi connectivity index (χ3n) is 6.45. The smallest absolute Gasteiger partial charge is 0.407 e. The van der Waals surface area contributed by atoms with Crippen molar-refractivity contribution in [3.05, 3.63) is 29.8 Å². The number of hydrogen-bond donors (Lipinski definition) is 2. The molecule has 0 spiro atoms. The molecule has 1 aromatic rings. The Kier molecular flexibility index (Phi) is 23.6. The highest BCUT2D eigenvalue weighted by atomic mass is 35.5. The minimum Gasteiger partial charge on any atom is -0.445 e. The summed E-state index contributed by atoms with van der Waals surface area (Å²) in [6.45, 7) is 3.81. The summed E-state index contributed by atoms with van der Waals surface area (Å²) in [6, 6.07) is 7.57. The number of nitrogens with one attached hydrogen (secondary N) is 1. The van der Waals surface area contributed by atoms with Crippen LogP contribution in [0.5, 0.6) is 0 Å². The molecule has 7 heteroatoms. The summed E-state index contributed by atoms with van der Waals surface area (Å²) in [6.07, 6.45) is 21.6. The molecule has 0 unspecified atom stereocenters. The van der Waals surface area contributed by atoms with Gasteiger partial charge in [0.15, 0.2) is 0 Å². The van der Waals surface area contributed by atoms with Crippen molar-refractivity contribution in [2.24, 2.45) is 5.73 Å². The van der Waals surface area contributed by atoms with Crippen molar-refractivity contribution in [3.8, 4) is 0 Å². The van der Waals surface area contributed by atoms with Gasteiger partial charge in [0.25, 0.3) is 0 Å². The summed E-state index contributed by atoms with van der Waals surface area (Å²) in [5.41, 5.74) is 7.00. The molecule has 0 saturated carbocycles. The number of carbonyl (C=O) groups is 2. The van der Waals surface area contributed by atoms with Crippen LogP contribution in [0.15, 0.2) is 24.3 Å². The van der Waals surface area contributed by atoms with E-state index in [0.717, 1.165) is 30.5 Å². The zero-order valence-corrected chi connectivity index (χ0v) is 23.5.